The number of rotatable bonds is 4. The zero-order valence-corrected chi connectivity index (χ0v) is 17.7. The fraction of sp³-hybridized carbons (Fsp3) is 0.208. The Morgan fingerprint density at radius 2 is 1.90 bits per heavy atom. The highest BCUT2D eigenvalue weighted by Crippen LogP contribution is 2.35. The smallest absolute Gasteiger partial charge is 0.294 e. The summed E-state index contributed by atoms with van der Waals surface area (Å²) in [6.45, 7) is 4.22. The standard InChI is InChI=1S/C24H22ClN3O2/c1-3-17-8-6-7-16(2)22(17)28-21(29)15-27-14-5-4-9-20(27)23(28)24(30)26-19-12-10-18(25)11-13-19/h4-14,23H,3,15H2,1-2H3/p+1/t23-/m1/s1. The fourth-order valence-corrected chi connectivity index (χ4v) is 4.10. The molecule has 6 heteroatoms. The molecule has 1 aliphatic rings. The molecule has 1 aromatic heterocycles. The van der Waals surface area contributed by atoms with Crippen LogP contribution < -0.4 is 14.8 Å². The van der Waals surface area contributed by atoms with Crippen LogP contribution in [0.15, 0.2) is 66.9 Å². The van der Waals surface area contributed by atoms with Gasteiger partial charge >= 0.3 is 0 Å². The average Bonchev–Trinajstić information content (AvgIpc) is 2.74. The van der Waals surface area contributed by atoms with Gasteiger partial charge in [0, 0.05) is 22.8 Å². The molecule has 2 amide bonds. The first-order chi connectivity index (χ1) is 14.5. The molecule has 0 unspecified atom stereocenters. The number of nitrogens with one attached hydrogen (secondary N) is 1. The van der Waals surface area contributed by atoms with Gasteiger partial charge in [-0.3, -0.25) is 14.5 Å². The van der Waals surface area contributed by atoms with Crippen molar-refractivity contribution < 1.29 is 14.2 Å². The van der Waals surface area contributed by atoms with E-state index < -0.39 is 6.04 Å². The lowest BCUT2D eigenvalue weighted by atomic mass is 9.99. The first kappa shape index (κ1) is 20.1. The summed E-state index contributed by atoms with van der Waals surface area (Å²) in [5, 5.41) is 3.55. The van der Waals surface area contributed by atoms with Gasteiger partial charge in [0.1, 0.15) is 0 Å². The van der Waals surface area contributed by atoms with Crippen LogP contribution in [0, 0.1) is 6.92 Å². The van der Waals surface area contributed by atoms with Crippen molar-refractivity contribution in [3.63, 3.8) is 0 Å². The average molecular weight is 421 g/mol. The number of amides is 2. The number of nitrogens with zero attached hydrogens (tertiary/aromatic N) is 2. The van der Waals surface area contributed by atoms with Gasteiger partial charge in [-0.15, -0.1) is 0 Å². The van der Waals surface area contributed by atoms with Crippen LogP contribution in [0.5, 0.6) is 0 Å². The van der Waals surface area contributed by atoms with E-state index in [0.717, 1.165) is 28.9 Å². The molecule has 0 aliphatic carbocycles. The van der Waals surface area contributed by atoms with E-state index in [9.17, 15) is 9.59 Å². The van der Waals surface area contributed by atoms with Gasteiger partial charge < -0.3 is 5.32 Å². The van der Waals surface area contributed by atoms with Crippen molar-refractivity contribution in [3.05, 3.63) is 88.7 Å². The summed E-state index contributed by atoms with van der Waals surface area (Å²) in [4.78, 5) is 28.5. The van der Waals surface area contributed by atoms with Gasteiger partial charge in [-0.25, -0.2) is 0 Å². The minimum Gasteiger partial charge on any atom is -0.324 e. The lowest BCUT2D eigenvalue weighted by Crippen LogP contribution is -2.58. The van der Waals surface area contributed by atoms with Crippen LogP contribution in [0.3, 0.4) is 0 Å². The topological polar surface area (TPSA) is 53.3 Å². The van der Waals surface area contributed by atoms with Crippen molar-refractivity contribution in [2.45, 2.75) is 32.9 Å². The molecule has 0 spiro atoms. The Balaban J connectivity index is 1.83. The van der Waals surface area contributed by atoms with Crippen molar-refractivity contribution in [1.29, 1.82) is 0 Å². The summed E-state index contributed by atoms with van der Waals surface area (Å²) < 4.78 is 1.84. The van der Waals surface area contributed by atoms with Crippen LogP contribution in [0.2, 0.25) is 5.02 Å². The second-order valence-corrected chi connectivity index (χ2v) is 7.79. The number of fused-ring (bicyclic) bond motifs is 1. The minimum atomic E-state index is -0.783. The van der Waals surface area contributed by atoms with Crippen LogP contribution in [0.4, 0.5) is 11.4 Å². The fourth-order valence-electron chi connectivity index (χ4n) is 3.98. The summed E-state index contributed by atoms with van der Waals surface area (Å²) in [6.07, 6.45) is 2.60. The molecule has 1 N–H and O–H groups in total. The van der Waals surface area contributed by atoms with E-state index >= 15 is 0 Å². The second-order valence-electron chi connectivity index (χ2n) is 7.35. The molecule has 1 atom stereocenters. The van der Waals surface area contributed by atoms with E-state index in [-0.39, 0.29) is 18.4 Å². The minimum absolute atomic E-state index is 0.112. The van der Waals surface area contributed by atoms with Crippen LogP contribution in [0.1, 0.15) is 29.8 Å². The molecule has 5 nitrogen and oxygen atoms in total. The SMILES string of the molecule is CCc1cccc(C)c1N1C(=O)C[n+]2ccccc2[C@@H]1C(=O)Nc1ccc(Cl)cc1. The number of carbonyl (C=O) groups excluding carboxylic acids is 2. The Kier molecular flexibility index (Phi) is 5.55. The number of aryl methyl sites for hydroxylation is 2. The number of pyridine rings is 1. The highest BCUT2D eigenvalue weighted by atomic mass is 35.5. The van der Waals surface area contributed by atoms with Crippen LogP contribution in [0.25, 0.3) is 0 Å². The molecule has 4 rings (SSSR count). The number of halogens is 1. The lowest BCUT2D eigenvalue weighted by molar-refractivity contribution is -0.695. The van der Waals surface area contributed by atoms with Crippen molar-refractivity contribution in [3.8, 4) is 0 Å². The maximum absolute atomic E-state index is 13.5. The predicted octanol–water partition coefficient (Wildman–Crippen LogP) is 4.22. The number of hydrogen-bond donors (Lipinski definition) is 1. The summed E-state index contributed by atoms with van der Waals surface area (Å²) >= 11 is 5.97. The van der Waals surface area contributed by atoms with E-state index in [1.807, 2.05) is 54.1 Å². The molecule has 30 heavy (non-hydrogen) atoms. The van der Waals surface area contributed by atoms with Crippen molar-refractivity contribution >= 4 is 34.8 Å². The Labute approximate surface area is 180 Å². The van der Waals surface area contributed by atoms with Crippen LogP contribution in [-0.4, -0.2) is 11.8 Å². The Bertz CT molecular complexity index is 1110. The number of carbonyl (C=O) groups is 2. The maximum atomic E-state index is 13.5. The maximum Gasteiger partial charge on any atom is 0.294 e. The molecule has 152 valence electrons. The molecule has 0 bridgehead atoms. The van der Waals surface area contributed by atoms with Gasteiger partial charge in [-0.2, -0.15) is 4.57 Å². The first-order valence-corrected chi connectivity index (χ1v) is 10.3. The number of para-hydroxylation sites is 1. The third kappa shape index (κ3) is 3.68. The molecular weight excluding hydrogens is 398 g/mol. The predicted molar refractivity (Wildman–Crippen MR) is 118 cm³/mol. The number of benzene rings is 2. The van der Waals surface area contributed by atoms with Gasteiger partial charge in [0.05, 0.1) is 5.69 Å². The summed E-state index contributed by atoms with van der Waals surface area (Å²) in [7, 11) is 0. The van der Waals surface area contributed by atoms with Crippen molar-refractivity contribution in [2.24, 2.45) is 0 Å². The Hall–Kier alpha value is -3.18. The van der Waals surface area contributed by atoms with Crippen molar-refractivity contribution in [1.82, 2.24) is 0 Å². The van der Waals surface area contributed by atoms with Gasteiger partial charge in [0.15, 0.2) is 6.20 Å². The van der Waals surface area contributed by atoms with Gasteiger partial charge in [-0.05, 0) is 48.7 Å². The molecule has 0 saturated heterocycles. The van der Waals surface area contributed by atoms with Crippen molar-refractivity contribution in [2.75, 3.05) is 10.2 Å². The third-order valence-corrected chi connectivity index (χ3v) is 5.64. The molecule has 1 aliphatic heterocycles. The largest absolute Gasteiger partial charge is 0.324 e. The van der Waals surface area contributed by atoms with E-state index in [2.05, 4.69) is 12.2 Å². The molecule has 0 fully saturated rings. The normalized spacial score (nSPS) is 15.6. The molecule has 3 aromatic rings. The van der Waals surface area contributed by atoms with Gasteiger partial charge in [-0.1, -0.05) is 42.8 Å². The quantitative estimate of drug-likeness (QED) is 0.642. The van der Waals surface area contributed by atoms with E-state index in [4.69, 9.17) is 11.6 Å². The van der Waals surface area contributed by atoms with E-state index in [1.165, 1.54) is 0 Å². The summed E-state index contributed by atoms with van der Waals surface area (Å²) in [5.41, 5.74) is 4.23. The second kappa shape index (κ2) is 8.28. The molecule has 2 aromatic carbocycles. The Morgan fingerprint density at radius 1 is 1.13 bits per heavy atom. The number of hydrogen-bond acceptors (Lipinski definition) is 2. The number of aromatic nitrogens is 1. The monoisotopic (exact) mass is 420 g/mol. The highest BCUT2D eigenvalue weighted by molar-refractivity contribution is 6.30. The molecule has 0 radical (unpaired) electrons. The first-order valence-electron chi connectivity index (χ1n) is 9.95. The molecular formula is C24H23ClN3O2+. The lowest BCUT2D eigenvalue weighted by Gasteiger charge is -2.34. The van der Waals surface area contributed by atoms with E-state index in [0.29, 0.717) is 10.7 Å². The summed E-state index contributed by atoms with van der Waals surface area (Å²) in [6, 6.07) is 17.8. The van der Waals surface area contributed by atoms with E-state index in [1.54, 1.807) is 29.2 Å². The highest BCUT2D eigenvalue weighted by Gasteiger charge is 2.44. The zero-order valence-electron chi connectivity index (χ0n) is 16.9. The number of anilines is 2. The zero-order chi connectivity index (χ0) is 21.3. The third-order valence-electron chi connectivity index (χ3n) is 5.39. The summed E-state index contributed by atoms with van der Waals surface area (Å²) in [5.74, 6) is -0.380. The molecule has 0 saturated carbocycles. The Morgan fingerprint density at radius 3 is 2.63 bits per heavy atom. The van der Waals surface area contributed by atoms with Crippen LogP contribution >= 0.6 is 11.6 Å². The molecule has 2 heterocycles. The van der Waals surface area contributed by atoms with Gasteiger partial charge in [0.2, 0.25) is 18.3 Å². The van der Waals surface area contributed by atoms with Gasteiger partial charge in [0.25, 0.3) is 11.8 Å². The van der Waals surface area contributed by atoms with Crippen LogP contribution in [-0.2, 0) is 22.6 Å².